The molecule has 1 aliphatic rings. The molecule has 2 aromatic heterocycles. The molecule has 1 aromatic carbocycles. The quantitative estimate of drug-likeness (QED) is 0.776. The van der Waals surface area contributed by atoms with E-state index in [9.17, 15) is 0 Å². The molecule has 25 heavy (non-hydrogen) atoms. The third kappa shape index (κ3) is 3.53. The van der Waals surface area contributed by atoms with Crippen molar-refractivity contribution in [2.75, 3.05) is 18.5 Å². The van der Waals surface area contributed by atoms with Gasteiger partial charge in [-0.2, -0.15) is 5.10 Å². The zero-order valence-electron chi connectivity index (χ0n) is 14.2. The van der Waals surface area contributed by atoms with Crippen molar-refractivity contribution in [3.05, 3.63) is 66.0 Å². The van der Waals surface area contributed by atoms with E-state index in [4.69, 9.17) is 4.74 Å². The van der Waals surface area contributed by atoms with Gasteiger partial charge in [0.15, 0.2) is 5.82 Å². The van der Waals surface area contributed by atoms with Gasteiger partial charge in [-0.1, -0.05) is 30.3 Å². The summed E-state index contributed by atoms with van der Waals surface area (Å²) in [6.45, 7) is 3.57. The standard InChI is InChI=1S/C19H21N5O/c1-14-9-11-24(23-14)18-8-7-17(21-22-18)20-13-16-10-12-25-19(16)15-5-3-2-4-6-15/h2-9,11,16,19H,10,12-13H2,1H3,(H,20,21). The van der Waals surface area contributed by atoms with Crippen LogP contribution >= 0.6 is 0 Å². The molecule has 3 aromatic rings. The van der Waals surface area contributed by atoms with Crippen LogP contribution in [0.3, 0.4) is 0 Å². The lowest BCUT2D eigenvalue weighted by Gasteiger charge is -2.19. The highest BCUT2D eigenvalue weighted by molar-refractivity contribution is 5.36. The van der Waals surface area contributed by atoms with Crippen molar-refractivity contribution >= 4 is 5.82 Å². The predicted molar refractivity (Wildman–Crippen MR) is 95.6 cm³/mol. The summed E-state index contributed by atoms with van der Waals surface area (Å²) in [5.74, 6) is 1.91. The van der Waals surface area contributed by atoms with Crippen molar-refractivity contribution in [3.8, 4) is 5.82 Å². The van der Waals surface area contributed by atoms with Crippen molar-refractivity contribution in [1.82, 2.24) is 20.0 Å². The van der Waals surface area contributed by atoms with Gasteiger partial charge in [-0.3, -0.25) is 0 Å². The molecule has 128 valence electrons. The number of hydrogen-bond acceptors (Lipinski definition) is 5. The van der Waals surface area contributed by atoms with E-state index in [-0.39, 0.29) is 6.10 Å². The maximum absolute atomic E-state index is 5.93. The topological polar surface area (TPSA) is 64.9 Å². The van der Waals surface area contributed by atoms with Crippen LogP contribution in [0.4, 0.5) is 5.82 Å². The van der Waals surface area contributed by atoms with Gasteiger partial charge in [-0.05, 0) is 37.1 Å². The molecule has 0 saturated carbocycles. The zero-order chi connectivity index (χ0) is 17.1. The van der Waals surface area contributed by atoms with E-state index >= 15 is 0 Å². The molecule has 1 aliphatic heterocycles. The number of ether oxygens (including phenoxy) is 1. The van der Waals surface area contributed by atoms with Gasteiger partial charge in [0.2, 0.25) is 0 Å². The van der Waals surface area contributed by atoms with Gasteiger partial charge in [0, 0.05) is 25.3 Å². The number of anilines is 1. The van der Waals surface area contributed by atoms with Crippen molar-refractivity contribution < 1.29 is 4.74 Å². The predicted octanol–water partition coefficient (Wildman–Crippen LogP) is 3.16. The highest BCUT2D eigenvalue weighted by Crippen LogP contribution is 2.34. The normalized spacial score (nSPS) is 19.9. The molecule has 0 amide bonds. The number of rotatable bonds is 5. The Morgan fingerprint density at radius 1 is 1.12 bits per heavy atom. The number of aryl methyl sites for hydroxylation is 1. The fourth-order valence-corrected chi connectivity index (χ4v) is 3.17. The summed E-state index contributed by atoms with van der Waals surface area (Å²) in [4.78, 5) is 0. The van der Waals surface area contributed by atoms with Gasteiger partial charge < -0.3 is 10.1 Å². The Hall–Kier alpha value is -2.73. The van der Waals surface area contributed by atoms with Gasteiger partial charge in [0.25, 0.3) is 0 Å². The smallest absolute Gasteiger partial charge is 0.175 e. The van der Waals surface area contributed by atoms with Gasteiger partial charge in [0.1, 0.15) is 5.82 Å². The number of nitrogens with one attached hydrogen (secondary N) is 1. The van der Waals surface area contributed by atoms with Crippen molar-refractivity contribution in [1.29, 1.82) is 0 Å². The Bertz CT molecular complexity index is 815. The van der Waals surface area contributed by atoms with E-state index in [2.05, 4.69) is 44.9 Å². The summed E-state index contributed by atoms with van der Waals surface area (Å²) in [6.07, 6.45) is 3.07. The lowest BCUT2D eigenvalue weighted by atomic mass is 9.95. The second-order valence-corrected chi connectivity index (χ2v) is 6.31. The van der Waals surface area contributed by atoms with Gasteiger partial charge in [-0.15, -0.1) is 10.2 Å². The minimum atomic E-state index is 0.146. The molecule has 6 nitrogen and oxygen atoms in total. The summed E-state index contributed by atoms with van der Waals surface area (Å²) in [7, 11) is 0. The molecule has 1 N–H and O–H groups in total. The minimum Gasteiger partial charge on any atom is -0.373 e. The molecule has 0 spiro atoms. The molecule has 2 atom stereocenters. The summed E-state index contributed by atoms with van der Waals surface area (Å²) >= 11 is 0. The van der Waals surface area contributed by atoms with E-state index < -0.39 is 0 Å². The van der Waals surface area contributed by atoms with Crippen LogP contribution in [0.1, 0.15) is 23.8 Å². The number of benzene rings is 1. The molecule has 2 unspecified atom stereocenters. The average molecular weight is 335 g/mol. The summed E-state index contributed by atoms with van der Waals surface area (Å²) in [5.41, 5.74) is 2.19. The van der Waals surface area contributed by atoms with Crippen LogP contribution in [0.2, 0.25) is 0 Å². The van der Waals surface area contributed by atoms with E-state index in [1.165, 1.54) is 5.56 Å². The second-order valence-electron chi connectivity index (χ2n) is 6.31. The maximum Gasteiger partial charge on any atom is 0.175 e. The van der Waals surface area contributed by atoms with Gasteiger partial charge in [0.05, 0.1) is 11.8 Å². The average Bonchev–Trinajstić information content (AvgIpc) is 3.30. The van der Waals surface area contributed by atoms with Crippen LogP contribution in [-0.2, 0) is 4.74 Å². The molecule has 1 fully saturated rings. The minimum absolute atomic E-state index is 0.146. The first kappa shape index (κ1) is 15.8. The summed E-state index contributed by atoms with van der Waals surface area (Å²) < 4.78 is 7.66. The lowest BCUT2D eigenvalue weighted by Crippen LogP contribution is -2.18. The third-order valence-corrected chi connectivity index (χ3v) is 4.50. The largest absolute Gasteiger partial charge is 0.373 e. The van der Waals surface area contributed by atoms with Crippen LogP contribution < -0.4 is 5.32 Å². The Morgan fingerprint density at radius 3 is 2.72 bits per heavy atom. The van der Waals surface area contributed by atoms with Gasteiger partial charge >= 0.3 is 0 Å². The fraction of sp³-hybridized carbons (Fsp3) is 0.316. The molecule has 4 rings (SSSR count). The third-order valence-electron chi connectivity index (χ3n) is 4.50. The molecule has 3 heterocycles. The molecular formula is C19H21N5O. The van der Waals surface area contributed by atoms with E-state index in [0.717, 1.165) is 31.1 Å². The highest BCUT2D eigenvalue weighted by atomic mass is 16.5. The molecule has 1 saturated heterocycles. The first-order valence-electron chi connectivity index (χ1n) is 8.56. The SMILES string of the molecule is Cc1ccn(-c2ccc(NCC3CCOC3c3ccccc3)nn2)n1. The van der Waals surface area contributed by atoms with Crippen molar-refractivity contribution in [2.45, 2.75) is 19.4 Å². The fourth-order valence-electron chi connectivity index (χ4n) is 3.17. The van der Waals surface area contributed by atoms with Crippen LogP contribution in [0.15, 0.2) is 54.7 Å². The highest BCUT2D eigenvalue weighted by Gasteiger charge is 2.29. The summed E-state index contributed by atoms with van der Waals surface area (Å²) in [5, 5.41) is 16.2. The van der Waals surface area contributed by atoms with Crippen molar-refractivity contribution in [2.24, 2.45) is 5.92 Å². The van der Waals surface area contributed by atoms with E-state index in [1.807, 2.05) is 37.4 Å². The molecule has 0 bridgehead atoms. The Labute approximate surface area is 146 Å². The number of nitrogens with zero attached hydrogens (tertiary/aromatic N) is 4. The van der Waals surface area contributed by atoms with E-state index in [0.29, 0.717) is 11.7 Å². The zero-order valence-corrected chi connectivity index (χ0v) is 14.2. The Morgan fingerprint density at radius 2 is 2.00 bits per heavy atom. The van der Waals surface area contributed by atoms with Crippen molar-refractivity contribution in [3.63, 3.8) is 0 Å². The molecule has 0 aliphatic carbocycles. The number of hydrogen-bond donors (Lipinski definition) is 1. The van der Waals surface area contributed by atoms with Crippen LogP contribution in [0.25, 0.3) is 5.82 Å². The van der Waals surface area contributed by atoms with Crippen LogP contribution in [0.5, 0.6) is 0 Å². The molecule has 0 radical (unpaired) electrons. The summed E-state index contributed by atoms with van der Waals surface area (Å²) in [6, 6.07) is 16.2. The number of aromatic nitrogens is 4. The monoisotopic (exact) mass is 335 g/mol. The first-order valence-corrected chi connectivity index (χ1v) is 8.56. The first-order chi connectivity index (χ1) is 12.3. The van der Waals surface area contributed by atoms with Gasteiger partial charge in [-0.25, -0.2) is 4.68 Å². The van der Waals surface area contributed by atoms with Crippen LogP contribution in [0, 0.1) is 12.8 Å². The molecule has 6 heteroatoms. The lowest BCUT2D eigenvalue weighted by molar-refractivity contribution is 0.0933. The molecular weight excluding hydrogens is 314 g/mol. The van der Waals surface area contributed by atoms with E-state index in [1.54, 1.807) is 4.68 Å². The second kappa shape index (κ2) is 7.03. The van der Waals surface area contributed by atoms with Crippen LogP contribution in [-0.4, -0.2) is 33.1 Å². The maximum atomic E-state index is 5.93. The Balaban J connectivity index is 1.39. The Kier molecular flexibility index (Phi) is 4.43.